The number of nitrogens with one attached hydrogen (secondary N) is 1. The summed E-state index contributed by atoms with van der Waals surface area (Å²) in [6.07, 6.45) is 2.02. The molecular weight excluding hydrogens is 381 g/mol. The van der Waals surface area contributed by atoms with Gasteiger partial charge in [-0.05, 0) is 62.9 Å². The Bertz CT molecular complexity index is 909. The number of carbonyl (C=O) groups excluding carboxylic acids is 1. The average Bonchev–Trinajstić information content (AvgIpc) is 3.17. The van der Waals surface area contributed by atoms with Crippen molar-refractivity contribution >= 4 is 17.4 Å². The SMILES string of the molecule is Cc1ccccc1C1CCCN1C(=O)Nc1ccc(N2CC(C)OC(C)C2)c(F)c1. The van der Waals surface area contributed by atoms with Gasteiger partial charge < -0.3 is 19.9 Å². The Morgan fingerprint density at radius 2 is 1.87 bits per heavy atom. The lowest BCUT2D eigenvalue weighted by Gasteiger charge is -2.37. The average molecular weight is 412 g/mol. The van der Waals surface area contributed by atoms with Crippen molar-refractivity contribution in [3.05, 3.63) is 59.4 Å². The zero-order valence-electron chi connectivity index (χ0n) is 17.9. The van der Waals surface area contributed by atoms with Crippen LogP contribution in [0.25, 0.3) is 0 Å². The molecule has 0 aliphatic carbocycles. The van der Waals surface area contributed by atoms with E-state index < -0.39 is 0 Å². The normalized spacial score (nSPS) is 24.2. The third-order valence-corrected chi connectivity index (χ3v) is 6.02. The predicted molar refractivity (Wildman–Crippen MR) is 118 cm³/mol. The Balaban J connectivity index is 1.47. The molecule has 1 N–H and O–H groups in total. The Hall–Kier alpha value is -2.60. The Labute approximate surface area is 177 Å². The number of anilines is 2. The lowest BCUT2D eigenvalue weighted by atomic mass is 9.99. The van der Waals surface area contributed by atoms with Gasteiger partial charge in [0.2, 0.25) is 0 Å². The molecule has 0 spiro atoms. The number of carbonyl (C=O) groups is 1. The predicted octanol–water partition coefficient (Wildman–Crippen LogP) is 5.12. The first-order chi connectivity index (χ1) is 14.4. The van der Waals surface area contributed by atoms with Gasteiger partial charge in [0.1, 0.15) is 5.82 Å². The monoisotopic (exact) mass is 411 g/mol. The van der Waals surface area contributed by atoms with Crippen LogP contribution in [0.3, 0.4) is 0 Å². The number of benzene rings is 2. The molecular formula is C24H30FN3O2. The zero-order valence-corrected chi connectivity index (χ0v) is 17.9. The summed E-state index contributed by atoms with van der Waals surface area (Å²) < 4.78 is 20.6. The molecule has 5 nitrogen and oxygen atoms in total. The maximum Gasteiger partial charge on any atom is 0.322 e. The number of rotatable bonds is 3. The van der Waals surface area contributed by atoms with E-state index in [4.69, 9.17) is 4.74 Å². The van der Waals surface area contributed by atoms with Crippen molar-refractivity contribution in [2.24, 2.45) is 0 Å². The van der Waals surface area contributed by atoms with E-state index in [0.717, 1.165) is 12.8 Å². The second kappa shape index (κ2) is 8.64. The molecule has 2 aliphatic heterocycles. The number of hydrogen-bond donors (Lipinski definition) is 1. The minimum absolute atomic E-state index is 0.0565. The minimum Gasteiger partial charge on any atom is -0.372 e. The molecule has 30 heavy (non-hydrogen) atoms. The van der Waals surface area contributed by atoms with Gasteiger partial charge in [-0.1, -0.05) is 24.3 Å². The number of amides is 2. The van der Waals surface area contributed by atoms with Crippen LogP contribution >= 0.6 is 0 Å². The van der Waals surface area contributed by atoms with Crippen LogP contribution < -0.4 is 10.2 Å². The fourth-order valence-electron chi connectivity index (χ4n) is 4.70. The van der Waals surface area contributed by atoms with Crippen LogP contribution in [-0.4, -0.2) is 42.8 Å². The Morgan fingerprint density at radius 1 is 1.13 bits per heavy atom. The topological polar surface area (TPSA) is 44.8 Å². The summed E-state index contributed by atoms with van der Waals surface area (Å²) >= 11 is 0. The van der Waals surface area contributed by atoms with Gasteiger partial charge in [0, 0.05) is 25.3 Å². The number of halogens is 1. The summed E-state index contributed by atoms with van der Waals surface area (Å²) in [4.78, 5) is 16.8. The first-order valence-corrected chi connectivity index (χ1v) is 10.8. The van der Waals surface area contributed by atoms with Gasteiger partial charge in [0.25, 0.3) is 0 Å². The molecule has 3 unspecified atom stereocenters. The summed E-state index contributed by atoms with van der Waals surface area (Å²) in [6, 6.07) is 13.0. The Kier molecular flexibility index (Phi) is 5.95. The van der Waals surface area contributed by atoms with Gasteiger partial charge in [-0.2, -0.15) is 0 Å². The maximum atomic E-state index is 14.9. The van der Waals surface area contributed by atoms with E-state index in [-0.39, 0.29) is 30.1 Å². The first-order valence-electron chi connectivity index (χ1n) is 10.8. The van der Waals surface area contributed by atoms with Crippen molar-refractivity contribution in [3.63, 3.8) is 0 Å². The Morgan fingerprint density at radius 3 is 2.57 bits per heavy atom. The van der Waals surface area contributed by atoms with Crippen LogP contribution in [-0.2, 0) is 4.74 Å². The van der Waals surface area contributed by atoms with Crippen LogP contribution in [0.4, 0.5) is 20.6 Å². The number of nitrogens with zero attached hydrogens (tertiary/aromatic N) is 2. The van der Waals surface area contributed by atoms with Gasteiger partial charge in [0.05, 0.1) is 23.9 Å². The van der Waals surface area contributed by atoms with E-state index in [2.05, 4.69) is 24.4 Å². The molecule has 3 atom stereocenters. The second-order valence-electron chi connectivity index (χ2n) is 8.47. The molecule has 0 aromatic heterocycles. The highest BCUT2D eigenvalue weighted by atomic mass is 19.1. The van der Waals surface area contributed by atoms with Gasteiger partial charge in [-0.15, -0.1) is 0 Å². The van der Waals surface area contributed by atoms with Crippen LogP contribution in [0.15, 0.2) is 42.5 Å². The second-order valence-corrected chi connectivity index (χ2v) is 8.47. The molecule has 2 fully saturated rings. The van der Waals surface area contributed by atoms with Gasteiger partial charge in [0.15, 0.2) is 0 Å². The molecule has 160 valence electrons. The molecule has 4 rings (SSSR count). The number of hydrogen-bond acceptors (Lipinski definition) is 3. The first kappa shape index (κ1) is 20.7. The molecule has 6 heteroatoms. The fraction of sp³-hybridized carbons (Fsp3) is 0.458. The minimum atomic E-state index is -0.328. The van der Waals surface area contributed by atoms with E-state index in [9.17, 15) is 9.18 Å². The third-order valence-electron chi connectivity index (χ3n) is 6.02. The third kappa shape index (κ3) is 4.29. The van der Waals surface area contributed by atoms with Crippen LogP contribution in [0.1, 0.15) is 43.9 Å². The number of aryl methyl sites for hydroxylation is 1. The molecule has 0 radical (unpaired) electrons. The van der Waals surface area contributed by atoms with E-state index >= 15 is 0 Å². The molecule has 0 bridgehead atoms. The number of morpholine rings is 1. The van der Waals surface area contributed by atoms with Gasteiger partial charge >= 0.3 is 6.03 Å². The molecule has 2 aliphatic rings. The summed E-state index contributed by atoms with van der Waals surface area (Å²) in [6.45, 7) is 8.07. The summed E-state index contributed by atoms with van der Waals surface area (Å²) in [7, 11) is 0. The van der Waals surface area contributed by atoms with E-state index in [1.54, 1.807) is 12.1 Å². The largest absolute Gasteiger partial charge is 0.372 e. The van der Waals surface area contributed by atoms with E-state index in [0.29, 0.717) is 31.0 Å². The molecule has 2 aromatic rings. The number of likely N-dealkylation sites (tertiary alicyclic amines) is 1. The summed E-state index contributed by atoms with van der Waals surface area (Å²) in [5.41, 5.74) is 3.40. The summed E-state index contributed by atoms with van der Waals surface area (Å²) in [5, 5.41) is 2.90. The molecule has 2 saturated heterocycles. The van der Waals surface area contributed by atoms with Crippen LogP contribution in [0.2, 0.25) is 0 Å². The smallest absolute Gasteiger partial charge is 0.322 e. The standard InChI is InChI=1S/C24H30FN3O2/c1-16-7-4-5-8-20(16)22-9-6-12-28(22)24(29)26-19-10-11-23(21(25)13-19)27-14-17(2)30-18(3)15-27/h4-5,7-8,10-11,13,17-18,22H,6,9,12,14-15H2,1-3H3,(H,26,29). The molecule has 2 aromatic carbocycles. The van der Waals surface area contributed by atoms with Crippen molar-refractivity contribution < 1.29 is 13.9 Å². The van der Waals surface area contributed by atoms with E-state index in [1.165, 1.54) is 17.2 Å². The molecule has 0 saturated carbocycles. The quantitative estimate of drug-likeness (QED) is 0.763. The van der Waals surface area contributed by atoms with Crippen LogP contribution in [0.5, 0.6) is 0 Å². The van der Waals surface area contributed by atoms with Gasteiger partial charge in [-0.25, -0.2) is 9.18 Å². The highest BCUT2D eigenvalue weighted by Crippen LogP contribution is 2.34. The number of ether oxygens (including phenoxy) is 1. The summed E-state index contributed by atoms with van der Waals surface area (Å²) in [5.74, 6) is -0.328. The molecule has 2 amide bonds. The lowest BCUT2D eigenvalue weighted by Crippen LogP contribution is -2.45. The van der Waals surface area contributed by atoms with Crippen molar-refractivity contribution in [1.29, 1.82) is 0 Å². The van der Waals surface area contributed by atoms with E-state index in [1.807, 2.05) is 35.8 Å². The molecule has 2 heterocycles. The number of urea groups is 1. The zero-order chi connectivity index (χ0) is 21.3. The van der Waals surface area contributed by atoms with Crippen molar-refractivity contribution in [2.45, 2.75) is 51.9 Å². The van der Waals surface area contributed by atoms with Gasteiger partial charge in [-0.3, -0.25) is 0 Å². The van der Waals surface area contributed by atoms with Crippen molar-refractivity contribution in [3.8, 4) is 0 Å². The highest BCUT2D eigenvalue weighted by molar-refractivity contribution is 5.90. The van der Waals surface area contributed by atoms with Crippen molar-refractivity contribution in [1.82, 2.24) is 4.90 Å². The van der Waals surface area contributed by atoms with Crippen LogP contribution in [0, 0.1) is 12.7 Å². The lowest BCUT2D eigenvalue weighted by molar-refractivity contribution is -0.00539. The fourth-order valence-corrected chi connectivity index (χ4v) is 4.70. The highest BCUT2D eigenvalue weighted by Gasteiger charge is 2.31. The van der Waals surface area contributed by atoms with Crippen molar-refractivity contribution in [2.75, 3.05) is 29.9 Å². The maximum absolute atomic E-state index is 14.9.